The van der Waals surface area contributed by atoms with E-state index in [2.05, 4.69) is 4.98 Å². The fraction of sp³-hybridized carbons (Fsp3) is 0. The molecule has 2 rings (SSSR count). The molecule has 0 unspecified atom stereocenters. The maximum atomic E-state index is 6.05. The van der Waals surface area contributed by atoms with E-state index in [1.165, 1.54) is 0 Å². The molecule has 0 saturated carbocycles. The Kier molecular flexibility index (Phi) is 3.24. The molecule has 16 heavy (non-hydrogen) atoms. The Labute approximate surface area is 108 Å². The second kappa shape index (κ2) is 4.50. The van der Waals surface area contributed by atoms with Crippen LogP contribution in [0.2, 0.25) is 15.1 Å². The molecule has 2 aromatic rings. The zero-order valence-electron chi connectivity index (χ0n) is 8.05. The van der Waals surface area contributed by atoms with Crippen molar-refractivity contribution in [3.63, 3.8) is 0 Å². The van der Waals surface area contributed by atoms with Crippen LogP contribution in [-0.2, 0) is 0 Å². The van der Waals surface area contributed by atoms with E-state index in [0.29, 0.717) is 20.8 Å². The number of hydrogen-bond donors (Lipinski definition) is 1. The predicted octanol–water partition coefficient (Wildman–Crippen LogP) is 4.29. The predicted molar refractivity (Wildman–Crippen MR) is 69.1 cm³/mol. The van der Waals surface area contributed by atoms with Crippen molar-refractivity contribution in [3.8, 4) is 11.3 Å². The van der Waals surface area contributed by atoms with Gasteiger partial charge in [-0.05, 0) is 12.1 Å². The van der Waals surface area contributed by atoms with Gasteiger partial charge in [0, 0.05) is 5.56 Å². The Balaban J connectivity index is 2.65. The van der Waals surface area contributed by atoms with Crippen LogP contribution < -0.4 is 5.73 Å². The molecular formula is C11H7Cl3N2. The smallest absolute Gasteiger partial charge is 0.143 e. The first-order chi connectivity index (χ1) is 7.59. The SMILES string of the molecule is Nc1nc(-c2ccccc2Cl)c(Cl)cc1Cl. The van der Waals surface area contributed by atoms with E-state index in [1.807, 2.05) is 18.2 Å². The summed E-state index contributed by atoms with van der Waals surface area (Å²) >= 11 is 17.9. The van der Waals surface area contributed by atoms with Gasteiger partial charge in [-0.3, -0.25) is 0 Å². The Morgan fingerprint density at radius 3 is 2.31 bits per heavy atom. The summed E-state index contributed by atoms with van der Waals surface area (Å²) < 4.78 is 0. The third-order valence-corrected chi connectivity index (χ3v) is 3.01. The number of nitrogens with zero attached hydrogens (tertiary/aromatic N) is 1. The topological polar surface area (TPSA) is 38.9 Å². The number of rotatable bonds is 1. The fourth-order valence-corrected chi connectivity index (χ4v) is 2.01. The summed E-state index contributed by atoms with van der Waals surface area (Å²) in [7, 11) is 0. The van der Waals surface area contributed by atoms with Crippen molar-refractivity contribution in [2.75, 3.05) is 5.73 Å². The van der Waals surface area contributed by atoms with Gasteiger partial charge in [0.1, 0.15) is 5.82 Å². The van der Waals surface area contributed by atoms with Crippen LogP contribution in [0, 0.1) is 0 Å². The minimum Gasteiger partial charge on any atom is -0.382 e. The van der Waals surface area contributed by atoms with E-state index in [9.17, 15) is 0 Å². The Hall–Kier alpha value is -0.960. The Morgan fingerprint density at radius 2 is 1.62 bits per heavy atom. The van der Waals surface area contributed by atoms with Gasteiger partial charge < -0.3 is 5.73 Å². The van der Waals surface area contributed by atoms with Crippen LogP contribution in [-0.4, -0.2) is 4.98 Å². The van der Waals surface area contributed by atoms with Gasteiger partial charge in [0.15, 0.2) is 0 Å². The molecule has 0 saturated heterocycles. The third kappa shape index (κ3) is 2.09. The third-order valence-electron chi connectivity index (χ3n) is 2.09. The molecule has 0 aliphatic rings. The van der Waals surface area contributed by atoms with Gasteiger partial charge in [-0.15, -0.1) is 0 Å². The van der Waals surface area contributed by atoms with Crippen molar-refractivity contribution < 1.29 is 0 Å². The van der Waals surface area contributed by atoms with E-state index in [0.717, 1.165) is 5.56 Å². The first-order valence-electron chi connectivity index (χ1n) is 4.46. The summed E-state index contributed by atoms with van der Waals surface area (Å²) in [6.07, 6.45) is 0. The van der Waals surface area contributed by atoms with Gasteiger partial charge in [0.25, 0.3) is 0 Å². The highest BCUT2D eigenvalue weighted by atomic mass is 35.5. The number of benzene rings is 1. The summed E-state index contributed by atoms with van der Waals surface area (Å²) in [5.74, 6) is 0.237. The summed E-state index contributed by atoms with van der Waals surface area (Å²) in [5.41, 5.74) is 6.90. The Morgan fingerprint density at radius 1 is 0.938 bits per heavy atom. The maximum absolute atomic E-state index is 6.05. The van der Waals surface area contributed by atoms with Crippen LogP contribution in [0.4, 0.5) is 5.82 Å². The largest absolute Gasteiger partial charge is 0.382 e. The van der Waals surface area contributed by atoms with Crippen molar-refractivity contribution in [2.24, 2.45) is 0 Å². The molecule has 1 aromatic carbocycles. The van der Waals surface area contributed by atoms with Crippen LogP contribution in [0.1, 0.15) is 0 Å². The van der Waals surface area contributed by atoms with Crippen molar-refractivity contribution in [1.82, 2.24) is 4.98 Å². The minimum absolute atomic E-state index is 0.237. The highest BCUT2D eigenvalue weighted by molar-refractivity contribution is 6.38. The van der Waals surface area contributed by atoms with Gasteiger partial charge in [-0.1, -0.05) is 53.0 Å². The lowest BCUT2D eigenvalue weighted by atomic mass is 10.1. The second-order valence-electron chi connectivity index (χ2n) is 3.17. The maximum Gasteiger partial charge on any atom is 0.143 e. The number of hydrogen-bond acceptors (Lipinski definition) is 2. The molecule has 1 aromatic heterocycles. The zero-order valence-corrected chi connectivity index (χ0v) is 10.3. The summed E-state index contributed by atoms with van der Waals surface area (Å²) in [5, 5.41) is 1.33. The molecule has 2 nitrogen and oxygen atoms in total. The molecule has 0 amide bonds. The van der Waals surface area contributed by atoms with E-state index >= 15 is 0 Å². The minimum atomic E-state index is 0.237. The number of pyridine rings is 1. The van der Waals surface area contributed by atoms with Crippen molar-refractivity contribution >= 4 is 40.6 Å². The highest BCUT2D eigenvalue weighted by Gasteiger charge is 2.11. The number of halogens is 3. The van der Waals surface area contributed by atoms with Crippen LogP contribution in [0.5, 0.6) is 0 Å². The van der Waals surface area contributed by atoms with Crippen molar-refractivity contribution in [1.29, 1.82) is 0 Å². The lowest BCUT2D eigenvalue weighted by Gasteiger charge is -2.07. The second-order valence-corrected chi connectivity index (χ2v) is 4.39. The van der Waals surface area contributed by atoms with E-state index in [4.69, 9.17) is 40.5 Å². The summed E-state index contributed by atoms with van der Waals surface area (Å²) in [6, 6.07) is 8.83. The van der Waals surface area contributed by atoms with Crippen molar-refractivity contribution in [2.45, 2.75) is 0 Å². The molecule has 5 heteroatoms. The molecule has 0 aliphatic heterocycles. The number of aromatic nitrogens is 1. The molecule has 0 radical (unpaired) electrons. The average Bonchev–Trinajstić information content (AvgIpc) is 2.25. The lowest BCUT2D eigenvalue weighted by Crippen LogP contribution is -1.95. The van der Waals surface area contributed by atoms with E-state index in [1.54, 1.807) is 12.1 Å². The van der Waals surface area contributed by atoms with Crippen LogP contribution in [0.25, 0.3) is 11.3 Å². The number of anilines is 1. The van der Waals surface area contributed by atoms with E-state index < -0.39 is 0 Å². The van der Waals surface area contributed by atoms with Crippen molar-refractivity contribution in [3.05, 3.63) is 45.4 Å². The molecular weight excluding hydrogens is 266 g/mol. The van der Waals surface area contributed by atoms with Gasteiger partial charge in [-0.2, -0.15) is 0 Å². The summed E-state index contributed by atoms with van der Waals surface area (Å²) in [6.45, 7) is 0. The highest BCUT2D eigenvalue weighted by Crippen LogP contribution is 2.34. The van der Waals surface area contributed by atoms with Crippen LogP contribution in [0.3, 0.4) is 0 Å². The quantitative estimate of drug-likeness (QED) is 0.842. The van der Waals surface area contributed by atoms with Crippen LogP contribution in [0.15, 0.2) is 30.3 Å². The Bertz CT molecular complexity index is 541. The molecule has 0 spiro atoms. The summed E-state index contributed by atoms with van der Waals surface area (Å²) in [4.78, 5) is 4.13. The fourth-order valence-electron chi connectivity index (χ4n) is 1.32. The average molecular weight is 274 g/mol. The van der Waals surface area contributed by atoms with Gasteiger partial charge in [-0.25, -0.2) is 4.98 Å². The van der Waals surface area contributed by atoms with Gasteiger partial charge in [0.2, 0.25) is 0 Å². The number of nitrogens with two attached hydrogens (primary N) is 1. The number of nitrogen functional groups attached to an aromatic ring is 1. The first kappa shape index (κ1) is 11.5. The standard InChI is InChI=1S/C11H7Cl3N2/c12-7-4-2-1-3-6(7)10-8(13)5-9(14)11(15)16-10/h1-5H,(H2,15,16). The monoisotopic (exact) mass is 272 g/mol. The molecule has 1 heterocycles. The van der Waals surface area contributed by atoms with Gasteiger partial charge in [0.05, 0.1) is 20.8 Å². The van der Waals surface area contributed by atoms with Gasteiger partial charge >= 0.3 is 0 Å². The molecule has 82 valence electrons. The van der Waals surface area contributed by atoms with Crippen LogP contribution >= 0.6 is 34.8 Å². The molecule has 0 aliphatic carbocycles. The molecule has 0 bridgehead atoms. The normalized spacial score (nSPS) is 10.4. The lowest BCUT2D eigenvalue weighted by molar-refractivity contribution is 1.33. The van der Waals surface area contributed by atoms with E-state index in [-0.39, 0.29) is 5.82 Å². The molecule has 2 N–H and O–H groups in total. The molecule has 0 atom stereocenters. The molecule has 0 fully saturated rings. The zero-order chi connectivity index (χ0) is 11.7. The first-order valence-corrected chi connectivity index (χ1v) is 5.59.